The summed E-state index contributed by atoms with van der Waals surface area (Å²) >= 11 is 5.93. The number of aryl methyl sites for hydroxylation is 1. The molecule has 0 amide bonds. The molecule has 1 aliphatic carbocycles. The summed E-state index contributed by atoms with van der Waals surface area (Å²) in [6, 6.07) is 6.08. The first-order valence-electron chi connectivity index (χ1n) is 4.10. The second kappa shape index (κ2) is 2.75. The van der Waals surface area contributed by atoms with E-state index in [1.54, 1.807) is 0 Å². The molecule has 2 heteroatoms. The van der Waals surface area contributed by atoms with Gasteiger partial charge in [0.1, 0.15) is 0 Å². The molecule has 1 N–H and O–H groups in total. The van der Waals surface area contributed by atoms with Gasteiger partial charge in [0, 0.05) is 0 Å². The highest BCUT2D eigenvalue weighted by molar-refractivity contribution is 6.21. The molecule has 64 valence electrons. The van der Waals surface area contributed by atoms with E-state index in [0.29, 0.717) is 0 Å². The molecule has 2 rings (SSSR count). The SMILES string of the molecule is Cc1ccc2c(c1)CC(Cl)C2O. The summed E-state index contributed by atoms with van der Waals surface area (Å²) in [6.45, 7) is 2.05. The molecule has 0 heterocycles. The van der Waals surface area contributed by atoms with Crippen molar-refractivity contribution in [2.24, 2.45) is 0 Å². The smallest absolute Gasteiger partial charge is 0.0959 e. The van der Waals surface area contributed by atoms with Gasteiger partial charge in [-0.05, 0) is 24.5 Å². The molecule has 0 aliphatic heterocycles. The Kier molecular flexibility index (Phi) is 1.85. The van der Waals surface area contributed by atoms with Gasteiger partial charge < -0.3 is 5.11 Å². The zero-order chi connectivity index (χ0) is 8.72. The van der Waals surface area contributed by atoms with Crippen LogP contribution in [0.1, 0.15) is 22.8 Å². The Hall–Kier alpha value is -0.530. The van der Waals surface area contributed by atoms with Gasteiger partial charge >= 0.3 is 0 Å². The first kappa shape index (κ1) is 8.09. The van der Waals surface area contributed by atoms with Crippen molar-refractivity contribution in [2.45, 2.75) is 24.8 Å². The molecule has 2 unspecified atom stereocenters. The zero-order valence-corrected chi connectivity index (χ0v) is 7.67. The van der Waals surface area contributed by atoms with E-state index in [2.05, 4.69) is 6.07 Å². The number of hydrogen-bond acceptors (Lipinski definition) is 1. The molecule has 1 aromatic carbocycles. The van der Waals surface area contributed by atoms with Crippen LogP contribution in [0.3, 0.4) is 0 Å². The standard InChI is InChI=1S/C10H11ClO/c1-6-2-3-8-7(4-6)5-9(11)10(8)12/h2-4,9-10,12H,5H2,1H3. The average molecular weight is 183 g/mol. The highest BCUT2D eigenvalue weighted by Crippen LogP contribution is 2.34. The van der Waals surface area contributed by atoms with E-state index in [0.717, 1.165) is 12.0 Å². The fourth-order valence-electron chi connectivity index (χ4n) is 1.72. The van der Waals surface area contributed by atoms with Crippen molar-refractivity contribution in [1.82, 2.24) is 0 Å². The molecule has 0 bridgehead atoms. The van der Waals surface area contributed by atoms with Crippen LogP contribution in [0.25, 0.3) is 0 Å². The fraction of sp³-hybridized carbons (Fsp3) is 0.400. The van der Waals surface area contributed by atoms with Gasteiger partial charge in [-0.2, -0.15) is 0 Å². The highest BCUT2D eigenvalue weighted by Gasteiger charge is 2.28. The van der Waals surface area contributed by atoms with Gasteiger partial charge in [0.15, 0.2) is 0 Å². The molecule has 2 atom stereocenters. The Labute approximate surface area is 77.0 Å². The number of fused-ring (bicyclic) bond motifs is 1. The van der Waals surface area contributed by atoms with E-state index >= 15 is 0 Å². The molecule has 0 radical (unpaired) electrons. The fourth-order valence-corrected chi connectivity index (χ4v) is 2.02. The number of halogens is 1. The molecule has 0 saturated carbocycles. The Bertz CT molecular complexity index is 309. The highest BCUT2D eigenvalue weighted by atomic mass is 35.5. The summed E-state index contributed by atoms with van der Waals surface area (Å²) in [5.74, 6) is 0. The molecular weight excluding hydrogens is 172 g/mol. The number of alkyl halides is 1. The summed E-state index contributed by atoms with van der Waals surface area (Å²) in [7, 11) is 0. The van der Waals surface area contributed by atoms with Crippen LogP contribution in [-0.4, -0.2) is 10.5 Å². The van der Waals surface area contributed by atoms with E-state index in [1.807, 2.05) is 19.1 Å². The maximum absolute atomic E-state index is 9.61. The first-order chi connectivity index (χ1) is 5.68. The minimum Gasteiger partial charge on any atom is -0.387 e. The predicted octanol–water partition coefficient (Wildman–Crippen LogP) is 2.19. The molecule has 0 spiro atoms. The van der Waals surface area contributed by atoms with Gasteiger partial charge in [0.25, 0.3) is 0 Å². The van der Waals surface area contributed by atoms with Crippen LogP contribution >= 0.6 is 11.6 Å². The summed E-state index contributed by atoms with van der Waals surface area (Å²) in [4.78, 5) is 0. The number of aliphatic hydroxyl groups is 1. The van der Waals surface area contributed by atoms with Crippen molar-refractivity contribution >= 4 is 11.6 Å². The van der Waals surface area contributed by atoms with Crippen molar-refractivity contribution < 1.29 is 5.11 Å². The lowest BCUT2D eigenvalue weighted by Crippen LogP contribution is -2.04. The van der Waals surface area contributed by atoms with E-state index in [1.165, 1.54) is 11.1 Å². The van der Waals surface area contributed by atoms with Gasteiger partial charge in [0.2, 0.25) is 0 Å². The molecule has 1 nitrogen and oxygen atoms in total. The zero-order valence-electron chi connectivity index (χ0n) is 6.92. The van der Waals surface area contributed by atoms with Gasteiger partial charge in [-0.25, -0.2) is 0 Å². The lowest BCUT2D eigenvalue weighted by molar-refractivity contribution is 0.183. The lowest BCUT2D eigenvalue weighted by Gasteiger charge is -2.06. The second-order valence-electron chi connectivity index (χ2n) is 3.37. The van der Waals surface area contributed by atoms with E-state index < -0.39 is 6.10 Å². The predicted molar refractivity (Wildman–Crippen MR) is 49.5 cm³/mol. The van der Waals surface area contributed by atoms with Crippen molar-refractivity contribution in [2.75, 3.05) is 0 Å². The van der Waals surface area contributed by atoms with E-state index in [9.17, 15) is 5.11 Å². The van der Waals surface area contributed by atoms with Crippen molar-refractivity contribution in [3.8, 4) is 0 Å². The molecular formula is C10H11ClO. The Balaban J connectivity index is 2.47. The van der Waals surface area contributed by atoms with Crippen molar-refractivity contribution in [3.05, 3.63) is 34.9 Å². The first-order valence-corrected chi connectivity index (χ1v) is 4.53. The van der Waals surface area contributed by atoms with Crippen molar-refractivity contribution in [1.29, 1.82) is 0 Å². The monoisotopic (exact) mass is 182 g/mol. The third-order valence-electron chi connectivity index (χ3n) is 2.37. The molecule has 1 aromatic rings. The summed E-state index contributed by atoms with van der Waals surface area (Å²) in [5.41, 5.74) is 3.43. The maximum Gasteiger partial charge on any atom is 0.0959 e. The maximum atomic E-state index is 9.61. The van der Waals surface area contributed by atoms with Crippen LogP contribution in [0.15, 0.2) is 18.2 Å². The van der Waals surface area contributed by atoms with Crippen LogP contribution in [0.4, 0.5) is 0 Å². The van der Waals surface area contributed by atoms with Crippen LogP contribution in [-0.2, 0) is 6.42 Å². The topological polar surface area (TPSA) is 20.2 Å². The van der Waals surface area contributed by atoms with Gasteiger partial charge in [0.05, 0.1) is 11.5 Å². The largest absolute Gasteiger partial charge is 0.387 e. The molecule has 0 fully saturated rings. The molecule has 0 aromatic heterocycles. The second-order valence-corrected chi connectivity index (χ2v) is 3.93. The van der Waals surface area contributed by atoms with Crippen LogP contribution in [0.2, 0.25) is 0 Å². The Morgan fingerprint density at radius 3 is 3.00 bits per heavy atom. The molecule has 1 aliphatic rings. The number of aliphatic hydroxyl groups excluding tert-OH is 1. The van der Waals surface area contributed by atoms with E-state index in [-0.39, 0.29) is 5.38 Å². The Morgan fingerprint density at radius 1 is 1.50 bits per heavy atom. The third kappa shape index (κ3) is 1.13. The molecule has 12 heavy (non-hydrogen) atoms. The number of hydrogen-bond donors (Lipinski definition) is 1. The van der Waals surface area contributed by atoms with Crippen LogP contribution in [0, 0.1) is 6.92 Å². The van der Waals surface area contributed by atoms with Crippen LogP contribution < -0.4 is 0 Å². The average Bonchev–Trinajstić information content (AvgIpc) is 2.28. The molecule has 0 saturated heterocycles. The van der Waals surface area contributed by atoms with Gasteiger partial charge in [-0.1, -0.05) is 23.8 Å². The normalized spacial score (nSPS) is 27.2. The lowest BCUT2D eigenvalue weighted by atomic mass is 10.1. The van der Waals surface area contributed by atoms with Crippen molar-refractivity contribution in [3.63, 3.8) is 0 Å². The minimum atomic E-state index is -0.470. The van der Waals surface area contributed by atoms with Crippen LogP contribution in [0.5, 0.6) is 0 Å². The number of benzene rings is 1. The summed E-state index contributed by atoms with van der Waals surface area (Å²) in [6.07, 6.45) is 0.321. The van der Waals surface area contributed by atoms with E-state index in [4.69, 9.17) is 11.6 Å². The van der Waals surface area contributed by atoms with Gasteiger partial charge in [-0.15, -0.1) is 11.6 Å². The quantitative estimate of drug-likeness (QED) is 0.610. The van der Waals surface area contributed by atoms with Gasteiger partial charge in [-0.3, -0.25) is 0 Å². The summed E-state index contributed by atoms with van der Waals surface area (Å²) < 4.78 is 0. The summed E-state index contributed by atoms with van der Waals surface area (Å²) in [5, 5.41) is 9.47. The minimum absolute atomic E-state index is 0.137. The number of rotatable bonds is 0. The third-order valence-corrected chi connectivity index (χ3v) is 2.77. The Morgan fingerprint density at radius 2 is 2.25 bits per heavy atom.